The molecule has 1 N–H and O–H groups in total. The first kappa shape index (κ1) is 13.5. The normalized spacial score (nSPS) is 26.1. The Bertz CT molecular complexity index is 669. The zero-order chi connectivity index (χ0) is 14.4. The topological polar surface area (TPSA) is 49.2 Å². The van der Waals surface area contributed by atoms with Crippen LogP contribution in [0.3, 0.4) is 0 Å². The second-order valence-electron chi connectivity index (χ2n) is 6.47. The third-order valence-electron chi connectivity index (χ3n) is 4.77. The van der Waals surface area contributed by atoms with Crippen LogP contribution in [0.4, 0.5) is 5.82 Å². The smallest absolute Gasteiger partial charge is 0.141 e. The van der Waals surface area contributed by atoms with Gasteiger partial charge < -0.3 is 10.0 Å². The monoisotopic (exact) mass is 303 g/mol. The van der Waals surface area contributed by atoms with E-state index in [2.05, 4.69) is 21.8 Å². The molecule has 3 heterocycles. The van der Waals surface area contributed by atoms with Crippen molar-refractivity contribution in [1.29, 1.82) is 0 Å². The van der Waals surface area contributed by atoms with E-state index < -0.39 is 0 Å². The Morgan fingerprint density at radius 3 is 3.10 bits per heavy atom. The Labute approximate surface area is 128 Å². The number of β-amino-alcohol motifs (C(OH)–C–C–N with tert-alkyl or cyclic N) is 1. The van der Waals surface area contributed by atoms with Gasteiger partial charge >= 0.3 is 0 Å². The zero-order valence-corrected chi connectivity index (χ0v) is 13.2. The summed E-state index contributed by atoms with van der Waals surface area (Å²) >= 11 is 1.84. The predicted molar refractivity (Wildman–Crippen MR) is 86.1 cm³/mol. The summed E-state index contributed by atoms with van der Waals surface area (Å²) in [4.78, 5) is 14.0. The van der Waals surface area contributed by atoms with E-state index in [1.807, 2.05) is 11.3 Å². The summed E-state index contributed by atoms with van der Waals surface area (Å²) in [5.41, 5.74) is 1.48. The number of anilines is 1. The number of nitrogens with zero attached hydrogens (tertiary/aromatic N) is 3. The number of piperidine rings is 1. The molecule has 2 aromatic heterocycles. The molecule has 2 unspecified atom stereocenters. The maximum Gasteiger partial charge on any atom is 0.141 e. The first-order chi connectivity index (χ1) is 10.2. The molecule has 4 nitrogen and oxygen atoms in total. The summed E-state index contributed by atoms with van der Waals surface area (Å²) in [5.74, 6) is 1.82. The quantitative estimate of drug-likeness (QED) is 0.880. The van der Waals surface area contributed by atoms with Crippen molar-refractivity contribution in [1.82, 2.24) is 9.97 Å². The lowest BCUT2D eigenvalue weighted by atomic mass is 9.89. The van der Waals surface area contributed by atoms with E-state index in [4.69, 9.17) is 0 Å². The van der Waals surface area contributed by atoms with Crippen LogP contribution in [-0.4, -0.2) is 34.3 Å². The Kier molecular flexibility index (Phi) is 3.34. The molecule has 0 radical (unpaired) electrons. The van der Waals surface area contributed by atoms with Crippen LogP contribution in [0.15, 0.2) is 6.33 Å². The number of rotatable bonds is 1. The van der Waals surface area contributed by atoms with E-state index in [0.29, 0.717) is 6.54 Å². The van der Waals surface area contributed by atoms with E-state index in [9.17, 15) is 5.11 Å². The molecule has 0 bridgehead atoms. The van der Waals surface area contributed by atoms with Gasteiger partial charge in [0.25, 0.3) is 0 Å². The average molecular weight is 303 g/mol. The molecule has 1 aliphatic heterocycles. The minimum absolute atomic E-state index is 0.224. The SMILES string of the molecule is CC1CCc2c(sc3ncnc(N4CCCC(O)C4)c23)C1. The molecule has 112 valence electrons. The summed E-state index contributed by atoms with van der Waals surface area (Å²) in [6.07, 6.45) is 6.99. The molecule has 5 heteroatoms. The van der Waals surface area contributed by atoms with Crippen molar-refractivity contribution < 1.29 is 5.11 Å². The van der Waals surface area contributed by atoms with Crippen LogP contribution >= 0.6 is 11.3 Å². The molecule has 0 aromatic carbocycles. The van der Waals surface area contributed by atoms with Gasteiger partial charge in [-0.3, -0.25) is 0 Å². The zero-order valence-electron chi connectivity index (χ0n) is 12.4. The molecule has 1 fully saturated rings. The van der Waals surface area contributed by atoms with E-state index >= 15 is 0 Å². The summed E-state index contributed by atoms with van der Waals surface area (Å²) in [5, 5.41) is 11.2. The van der Waals surface area contributed by atoms with Crippen molar-refractivity contribution in [2.45, 2.75) is 45.1 Å². The van der Waals surface area contributed by atoms with Gasteiger partial charge in [0, 0.05) is 18.0 Å². The van der Waals surface area contributed by atoms with Gasteiger partial charge in [-0.25, -0.2) is 9.97 Å². The highest BCUT2D eigenvalue weighted by Gasteiger charge is 2.26. The molecular formula is C16H21N3OS. The van der Waals surface area contributed by atoms with Crippen molar-refractivity contribution >= 4 is 27.4 Å². The molecule has 2 atom stereocenters. The summed E-state index contributed by atoms with van der Waals surface area (Å²) in [6.45, 7) is 4.03. The molecule has 21 heavy (non-hydrogen) atoms. The number of aromatic nitrogens is 2. The summed E-state index contributed by atoms with van der Waals surface area (Å²) in [7, 11) is 0. The van der Waals surface area contributed by atoms with Gasteiger partial charge in [0.2, 0.25) is 0 Å². The molecule has 0 saturated carbocycles. The fourth-order valence-corrected chi connectivity index (χ4v) is 4.99. The van der Waals surface area contributed by atoms with Gasteiger partial charge in [0.15, 0.2) is 0 Å². The molecular weight excluding hydrogens is 282 g/mol. The number of aryl methyl sites for hydroxylation is 1. The third-order valence-corrected chi connectivity index (χ3v) is 5.93. The van der Waals surface area contributed by atoms with Crippen molar-refractivity contribution in [2.24, 2.45) is 5.92 Å². The van der Waals surface area contributed by atoms with Crippen LogP contribution < -0.4 is 4.90 Å². The maximum atomic E-state index is 9.95. The second-order valence-corrected chi connectivity index (χ2v) is 7.55. The van der Waals surface area contributed by atoms with Crippen molar-refractivity contribution in [3.8, 4) is 0 Å². The van der Waals surface area contributed by atoms with Crippen molar-refractivity contribution in [3.05, 3.63) is 16.8 Å². The highest BCUT2D eigenvalue weighted by Crippen LogP contribution is 2.40. The number of aliphatic hydroxyl groups excluding tert-OH is 1. The number of hydrogen-bond acceptors (Lipinski definition) is 5. The van der Waals surface area contributed by atoms with E-state index in [1.54, 1.807) is 6.33 Å². The number of fused-ring (bicyclic) bond motifs is 3. The predicted octanol–water partition coefficient (Wildman–Crippen LogP) is 2.78. The van der Waals surface area contributed by atoms with Crippen LogP contribution in [0, 0.1) is 5.92 Å². The number of thiophene rings is 1. The van der Waals surface area contributed by atoms with Gasteiger partial charge in [-0.05, 0) is 43.6 Å². The first-order valence-electron chi connectivity index (χ1n) is 7.90. The van der Waals surface area contributed by atoms with Crippen LogP contribution in [0.25, 0.3) is 10.2 Å². The van der Waals surface area contributed by atoms with Crippen LogP contribution in [0.5, 0.6) is 0 Å². The molecule has 1 saturated heterocycles. The van der Waals surface area contributed by atoms with Crippen LogP contribution in [0.2, 0.25) is 0 Å². The molecule has 2 aliphatic rings. The fraction of sp³-hybridized carbons (Fsp3) is 0.625. The van der Waals surface area contributed by atoms with Crippen LogP contribution in [-0.2, 0) is 12.8 Å². The second kappa shape index (κ2) is 5.21. The summed E-state index contributed by atoms with van der Waals surface area (Å²) < 4.78 is 0. The standard InChI is InChI=1S/C16H21N3OS/c1-10-4-5-12-13(7-10)21-16-14(12)15(17-9-18-16)19-6-2-3-11(20)8-19/h9-11,20H,2-8H2,1H3. The summed E-state index contributed by atoms with van der Waals surface area (Å²) in [6, 6.07) is 0. The Morgan fingerprint density at radius 2 is 2.24 bits per heavy atom. The minimum atomic E-state index is -0.224. The molecule has 0 amide bonds. The molecule has 4 rings (SSSR count). The molecule has 1 aliphatic carbocycles. The lowest BCUT2D eigenvalue weighted by Gasteiger charge is -2.31. The van der Waals surface area contributed by atoms with Crippen LogP contribution in [0.1, 0.15) is 36.6 Å². The molecule has 0 spiro atoms. The lowest BCUT2D eigenvalue weighted by Crippen LogP contribution is -2.38. The van der Waals surface area contributed by atoms with Gasteiger partial charge in [-0.2, -0.15) is 0 Å². The van der Waals surface area contributed by atoms with Crippen molar-refractivity contribution in [2.75, 3.05) is 18.0 Å². The highest BCUT2D eigenvalue weighted by molar-refractivity contribution is 7.19. The Morgan fingerprint density at radius 1 is 1.33 bits per heavy atom. The van der Waals surface area contributed by atoms with Gasteiger partial charge in [-0.1, -0.05) is 6.92 Å². The number of hydrogen-bond donors (Lipinski definition) is 1. The fourth-order valence-electron chi connectivity index (χ4n) is 3.65. The highest BCUT2D eigenvalue weighted by atomic mass is 32.1. The molecule has 2 aromatic rings. The van der Waals surface area contributed by atoms with E-state index in [1.165, 1.54) is 28.7 Å². The average Bonchev–Trinajstić information content (AvgIpc) is 2.84. The Hall–Kier alpha value is -1.20. The van der Waals surface area contributed by atoms with Crippen molar-refractivity contribution in [3.63, 3.8) is 0 Å². The number of aliphatic hydroxyl groups is 1. The largest absolute Gasteiger partial charge is 0.391 e. The van der Waals surface area contributed by atoms with Gasteiger partial charge in [0.1, 0.15) is 17.0 Å². The maximum absolute atomic E-state index is 9.95. The third kappa shape index (κ3) is 2.32. The van der Waals surface area contributed by atoms with Gasteiger partial charge in [0.05, 0.1) is 11.5 Å². The minimum Gasteiger partial charge on any atom is -0.391 e. The van der Waals surface area contributed by atoms with E-state index in [-0.39, 0.29) is 6.10 Å². The first-order valence-corrected chi connectivity index (χ1v) is 8.72. The Balaban J connectivity index is 1.82. The lowest BCUT2D eigenvalue weighted by molar-refractivity contribution is 0.154. The van der Waals surface area contributed by atoms with Gasteiger partial charge in [-0.15, -0.1) is 11.3 Å². The van der Waals surface area contributed by atoms with E-state index in [0.717, 1.165) is 42.4 Å².